The van der Waals surface area contributed by atoms with Crippen molar-refractivity contribution in [3.63, 3.8) is 0 Å². The van der Waals surface area contributed by atoms with Gasteiger partial charge in [-0.15, -0.1) is 0 Å². The number of urea groups is 2. The van der Waals surface area contributed by atoms with Crippen molar-refractivity contribution in [3.05, 3.63) is 142 Å². The van der Waals surface area contributed by atoms with E-state index in [-0.39, 0.29) is 127 Å². The van der Waals surface area contributed by atoms with Gasteiger partial charge in [0.05, 0.1) is 19.5 Å². The first-order valence-corrected chi connectivity index (χ1v) is 20.2. The van der Waals surface area contributed by atoms with Crippen LogP contribution in [-0.4, -0.2) is 100 Å². The second kappa shape index (κ2) is 20.0. The summed E-state index contributed by atoms with van der Waals surface area (Å²) in [7, 11) is 0. The molecule has 2 fully saturated rings. The van der Waals surface area contributed by atoms with Gasteiger partial charge in [0, 0.05) is 84.6 Å². The van der Waals surface area contributed by atoms with E-state index in [2.05, 4.69) is 9.13 Å². The van der Waals surface area contributed by atoms with E-state index >= 15 is 0 Å². The number of carboxylic acids is 2. The smallest absolute Gasteiger partial charge is 0.870 e. The van der Waals surface area contributed by atoms with Crippen LogP contribution in [0.4, 0.5) is 18.4 Å². The molecule has 2 aromatic heterocycles. The molecule has 0 aliphatic carbocycles. The van der Waals surface area contributed by atoms with Crippen LogP contribution in [0.3, 0.4) is 0 Å². The number of carbonyl (C=O) groups excluding carboxylic acids is 5. The molecule has 19 heteroatoms. The van der Waals surface area contributed by atoms with Crippen LogP contribution in [0.25, 0.3) is 21.8 Å². The van der Waals surface area contributed by atoms with Gasteiger partial charge in [0.2, 0.25) is 0 Å². The second-order valence-corrected chi connectivity index (χ2v) is 15.8. The van der Waals surface area contributed by atoms with Crippen LogP contribution in [-0.2, 0) is 58.2 Å². The maximum absolute atomic E-state index is 13.3. The number of hydrogen-bond acceptors (Lipinski definition) is 8. The number of hydrogen-bond donors (Lipinski definition) is 1. The molecule has 0 spiro atoms. The number of benzene rings is 4. The van der Waals surface area contributed by atoms with Gasteiger partial charge in [-0.05, 0) is 58.7 Å². The first-order chi connectivity index (χ1) is 29.9. The standard InChI is InChI=1S/2C23H20FN3O4.2Na.H2O/c2*24-15-7-5-14(6-8-15)12-26-18-4-2-1-3-16(18)17-11-19-22(30)25(10-9-21(28)29)23(31)27(19)13-20(17)26;;;/h2*1-8,19H,9-13H2,(H,28,29);;;1H2/q;;2*+1;/p-2/t2*19-;;;/m00.../s1. The number of carbonyl (C=O) groups is 6. The molecule has 6 heterocycles. The topological polar surface area (TPSA) is 199 Å². The molecule has 0 bridgehead atoms. The maximum Gasteiger partial charge on any atom is 1.00 e. The third-order valence-corrected chi connectivity index (χ3v) is 12.2. The Balaban J connectivity index is 0.000000206. The second-order valence-electron chi connectivity index (χ2n) is 15.8. The Morgan fingerprint density at radius 1 is 0.600 bits per heavy atom. The molecule has 15 nitrogen and oxygen atoms in total. The van der Waals surface area contributed by atoms with Crippen molar-refractivity contribution in [2.45, 2.75) is 63.9 Å². The van der Waals surface area contributed by atoms with Crippen molar-refractivity contribution in [2.24, 2.45) is 0 Å². The minimum absolute atomic E-state index is 0. The monoisotopic (exact) mass is 904 g/mol. The molecule has 0 radical (unpaired) electrons. The summed E-state index contributed by atoms with van der Waals surface area (Å²) < 4.78 is 30.9. The van der Waals surface area contributed by atoms with E-state index in [9.17, 15) is 42.7 Å². The minimum Gasteiger partial charge on any atom is -0.870 e. The predicted octanol–water partition coefficient (Wildman–Crippen LogP) is -1.52. The van der Waals surface area contributed by atoms with Crippen LogP contribution in [0.15, 0.2) is 97.1 Å². The van der Waals surface area contributed by atoms with Crippen LogP contribution in [0, 0.1) is 11.6 Å². The summed E-state index contributed by atoms with van der Waals surface area (Å²) in [4.78, 5) is 78.3. The quantitative estimate of drug-likeness (QED) is 0.125. The number of halogens is 2. The molecule has 0 unspecified atom stereocenters. The Kier molecular flexibility index (Phi) is 15.1. The molecule has 324 valence electrons. The summed E-state index contributed by atoms with van der Waals surface area (Å²) in [5.41, 5.74) is 7.77. The van der Waals surface area contributed by atoms with E-state index in [4.69, 9.17) is 5.11 Å². The molecule has 4 aliphatic rings. The number of amides is 6. The molecule has 4 aromatic carbocycles. The maximum atomic E-state index is 13.3. The number of carboxylic acid groups (broad SMARTS) is 2. The number of fused-ring (bicyclic) bond motifs is 8. The van der Waals surface area contributed by atoms with Gasteiger partial charge in [0.15, 0.2) is 0 Å². The molecule has 6 amide bonds. The summed E-state index contributed by atoms with van der Waals surface area (Å²) >= 11 is 0. The van der Waals surface area contributed by atoms with E-state index < -0.39 is 36.1 Å². The number of aliphatic carboxylic acids is 2. The number of imide groups is 2. The Hall–Kier alpha value is -5.40. The zero-order valence-electron chi connectivity index (χ0n) is 35.7. The van der Waals surface area contributed by atoms with Crippen LogP contribution in [0.1, 0.15) is 46.5 Å². The zero-order valence-corrected chi connectivity index (χ0v) is 39.7. The van der Waals surface area contributed by atoms with Crippen molar-refractivity contribution in [1.29, 1.82) is 0 Å². The molecule has 2 saturated heterocycles. The summed E-state index contributed by atoms with van der Waals surface area (Å²) in [6, 6.07) is 26.2. The number of aromatic nitrogens is 2. The minimum atomic E-state index is -1.30. The van der Waals surface area contributed by atoms with Gasteiger partial charge in [0.1, 0.15) is 23.7 Å². The van der Waals surface area contributed by atoms with Crippen molar-refractivity contribution >= 4 is 57.6 Å². The average Bonchev–Trinajstić information content (AvgIpc) is 3.90. The molecule has 2 N–H and O–H groups in total. The third-order valence-electron chi connectivity index (χ3n) is 12.2. The molecule has 65 heavy (non-hydrogen) atoms. The average molecular weight is 905 g/mol. The Morgan fingerprint density at radius 3 is 1.37 bits per heavy atom. The fourth-order valence-corrected chi connectivity index (χ4v) is 9.25. The van der Waals surface area contributed by atoms with E-state index in [1.54, 1.807) is 24.3 Å². The molecule has 6 aromatic rings. The van der Waals surface area contributed by atoms with E-state index in [0.717, 1.165) is 65.2 Å². The van der Waals surface area contributed by atoms with E-state index in [1.165, 1.54) is 34.1 Å². The third kappa shape index (κ3) is 9.23. The van der Waals surface area contributed by atoms with Crippen molar-refractivity contribution < 1.29 is 112 Å². The summed E-state index contributed by atoms with van der Waals surface area (Å²) in [6.07, 6.45) is 0.106. The zero-order chi connectivity index (χ0) is 43.4. The summed E-state index contributed by atoms with van der Waals surface area (Å²) in [5, 5.41) is 21.8. The fourth-order valence-electron chi connectivity index (χ4n) is 9.25. The van der Waals surface area contributed by atoms with Gasteiger partial charge in [-0.1, -0.05) is 60.7 Å². The number of nitrogens with zero attached hydrogens (tertiary/aromatic N) is 6. The van der Waals surface area contributed by atoms with Crippen LogP contribution < -0.4 is 64.2 Å². The van der Waals surface area contributed by atoms with Crippen LogP contribution >= 0.6 is 0 Å². The predicted molar refractivity (Wildman–Crippen MR) is 219 cm³/mol. The summed E-state index contributed by atoms with van der Waals surface area (Å²) in [6.45, 7) is 1.23. The van der Waals surface area contributed by atoms with Crippen molar-refractivity contribution in [2.75, 3.05) is 13.1 Å². The first kappa shape index (κ1) is 49.0. The Labute approximate surface area is 415 Å². The van der Waals surface area contributed by atoms with E-state index in [1.807, 2.05) is 48.5 Å². The van der Waals surface area contributed by atoms with Crippen molar-refractivity contribution in [3.8, 4) is 0 Å². The number of para-hydroxylation sites is 2. The van der Waals surface area contributed by atoms with Crippen molar-refractivity contribution in [1.82, 2.24) is 28.7 Å². The molecular weight excluding hydrogens is 865 g/mol. The van der Waals surface area contributed by atoms with Crippen LogP contribution in [0.2, 0.25) is 0 Å². The molecule has 2 atom stereocenters. The van der Waals surface area contributed by atoms with Gasteiger partial charge in [-0.25, -0.2) is 18.4 Å². The first-order valence-electron chi connectivity index (χ1n) is 20.2. The summed E-state index contributed by atoms with van der Waals surface area (Å²) in [5.74, 6) is -3.66. The van der Waals surface area contributed by atoms with Crippen LogP contribution in [0.5, 0.6) is 0 Å². The SMILES string of the molecule is O=C(O)CCN1C(=O)[C@@H]2Cc3c(n(Cc4ccc(F)cc4)c4ccccc34)CN2C1=O.O=C([O-])CCN1C(=O)[C@@H]2Cc3c(n(Cc4ccc(F)cc4)c4ccccc34)CN2C1=O.[Na+].[Na+].[OH-]. The normalized spacial score (nSPS) is 17.1. The largest absolute Gasteiger partial charge is 1.00 e. The Bertz CT molecular complexity index is 2640. The van der Waals surface area contributed by atoms with Gasteiger partial charge in [-0.2, -0.15) is 0 Å². The number of rotatable bonds is 10. The molecule has 10 rings (SSSR count). The Morgan fingerprint density at radius 2 is 0.985 bits per heavy atom. The van der Waals surface area contributed by atoms with Gasteiger partial charge in [-0.3, -0.25) is 24.2 Å². The molecule has 0 saturated carbocycles. The molecular formula is C46H40F2N6Na2O9. The fraction of sp³-hybridized carbons (Fsp3) is 0.261. The van der Waals surface area contributed by atoms with Gasteiger partial charge >= 0.3 is 77.1 Å². The van der Waals surface area contributed by atoms with Gasteiger partial charge < -0.3 is 39.4 Å². The molecule has 4 aliphatic heterocycles. The van der Waals surface area contributed by atoms with Gasteiger partial charge in [0.25, 0.3) is 11.8 Å². The van der Waals surface area contributed by atoms with E-state index in [0.29, 0.717) is 25.9 Å².